The quantitative estimate of drug-likeness (QED) is 0.0413. The first kappa shape index (κ1) is 43.3. The minimum atomic E-state index is -0.846. The van der Waals surface area contributed by atoms with Crippen molar-refractivity contribution in [1.82, 2.24) is 21.3 Å². The van der Waals surface area contributed by atoms with Crippen molar-refractivity contribution in [2.75, 3.05) is 32.7 Å². The topological polar surface area (TPSA) is 290 Å². The summed E-state index contributed by atoms with van der Waals surface area (Å²) in [6, 6.07) is -3.81. The largest absolute Gasteiger partial charge is 0.354 e. The van der Waals surface area contributed by atoms with Crippen LogP contribution in [0.2, 0.25) is 0 Å². The summed E-state index contributed by atoms with van der Waals surface area (Å²) in [6.07, 6.45) is 8.82. The summed E-state index contributed by atoms with van der Waals surface area (Å²) in [5, 5.41) is 11.1. The van der Waals surface area contributed by atoms with Gasteiger partial charge >= 0.3 is 0 Å². The number of unbranched alkanes of at least 4 members (excludes halogenated alkanes) is 5. The lowest BCUT2D eigenvalue weighted by Crippen LogP contribution is -2.54. The first-order chi connectivity index (χ1) is 22.0. The molecule has 16 N–H and O–H groups in total. The van der Waals surface area contributed by atoms with E-state index in [0.29, 0.717) is 103 Å². The monoisotopic (exact) mass is 657 g/mol. The van der Waals surface area contributed by atoms with Gasteiger partial charge in [0.2, 0.25) is 23.6 Å². The van der Waals surface area contributed by atoms with Gasteiger partial charge < -0.3 is 55.7 Å². The molecule has 0 spiro atoms. The Labute approximate surface area is 275 Å². The fourth-order valence-electron chi connectivity index (χ4n) is 4.82. The van der Waals surface area contributed by atoms with Crippen LogP contribution in [-0.4, -0.2) is 92.3 Å². The Morgan fingerprint density at radius 1 is 0.457 bits per heavy atom. The molecular weight excluding hydrogens is 592 g/mol. The Morgan fingerprint density at radius 3 is 1.22 bits per heavy atom. The van der Waals surface area contributed by atoms with Crippen molar-refractivity contribution >= 4 is 29.4 Å². The smallest absolute Gasteiger partial charge is 0.243 e. The number of nitrogens with two attached hydrogens (primary N) is 6. The summed E-state index contributed by atoms with van der Waals surface area (Å²) in [5.41, 5.74) is 34.2. The molecule has 0 aromatic carbocycles. The molecule has 46 heavy (non-hydrogen) atoms. The van der Waals surface area contributed by atoms with Gasteiger partial charge in [0, 0.05) is 6.54 Å². The number of Topliss-reactive ketones (excluding diaryl/α,β-unsaturated/α-hetero) is 1. The third-order valence-electron chi connectivity index (χ3n) is 7.80. The maximum atomic E-state index is 13.2. The molecule has 0 aliphatic carbocycles. The number of hydrogen-bond donors (Lipinski definition) is 10. The molecule has 0 fully saturated rings. The molecule has 5 unspecified atom stereocenters. The van der Waals surface area contributed by atoms with Gasteiger partial charge in [0.05, 0.1) is 18.1 Å². The zero-order chi connectivity index (χ0) is 34.7. The maximum Gasteiger partial charge on any atom is 0.243 e. The van der Waals surface area contributed by atoms with Crippen LogP contribution in [0.5, 0.6) is 0 Å². The summed E-state index contributed by atoms with van der Waals surface area (Å²) >= 11 is 0. The first-order valence-electron chi connectivity index (χ1n) is 17.0. The van der Waals surface area contributed by atoms with Gasteiger partial charge in [0.25, 0.3) is 0 Å². The molecule has 0 saturated carbocycles. The van der Waals surface area contributed by atoms with Gasteiger partial charge in [-0.05, 0) is 117 Å². The summed E-state index contributed by atoms with van der Waals surface area (Å²) in [6.45, 7) is 3.70. The lowest BCUT2D eigenvalue weighted by atomic mass is 10.0. The molecule has 0 aliphatic heterocycles. The van der Waals surface area contributed by atoms with Gasteiger partial charge in [0.15, 0.2) is 5.78 Å². The van der Waals surface area contributed by atoms with Crippen molar-refractivity contribution in [2.24, 2.45) is 34.4 Å². The van der Waals surface area contributed by atoms with Crippen molar-refractivity contribution in [2.45, 2.75) is 133 Å². The third kappa shape index (κ3) is 20.4. The average molecular weight is 657 g/mol. The van der Waals surface area contributed by atoms with Crippen molar-refractivity contribution < 1.29 is 24.0 Å². The third-order valence-corrected chi connectivity index (χ3v) is 7.80. The van der Waals surface area contributed by atoms with E-state index in [4.69, 9.17) is 34.4 Å². The molecule has 0 aromatic rings. The lowest BCUT2D eigenvalue weighted by Gasteiger charge is -2.24. The second-order valence-corrected chi connectivity index (χ2v) is 11.9. The fourth-order valence-corrected chi connectivity index (χ4v) is 4.82. The summed E-state index contributed by atoms with van der Waals surface area (Å²) in [4.78, 5) is 63.7. The molecule has 0 aromatic heterocycles. The van der Waals surface area contributed by atoms with E-state index < -0.39 is 42.0 Å². The predicted octanol–water partition coefficient (Wildman–Crippen LogP) is -1.51. The summed E-state index contributed by atoms with van der Waals surface area (Å²) in [7, 11) is 0. The number of nitrogens with one attached hydrogen (secondary N) is 4. The average Bonchev–Trinajstić information content (AvgIpc) is 3.02. The van der Waals surface area contributed by atoms with E-state index in [1.165, 1.54) is 6.92 Å². The van der Waals surface area contributed by atoms with Crippen LogP contribution in [0.25, 0.3) is 0 Å². The van der Waals surface area contributed by atoms with Gasteiger partial charge in [-0.3, -0.25) is 24.0 Å². The Hall–Kier alpha value is -2.69. The molecule has 0 radical (unpaired) electrons. The number of carbonyl (C=O) groups excluding carboxylic acids is 5. The fraction of sp³-hybridized carbons (Fsp3) is 0.839. The van der Waals surface area contributed by atoms with Gasteiger partial charge in [0.1, 0.15) is 12.1 Å². The Morgan fingerprint density at radius 2 is 0.804 bits per heavy atom. The van der Waals surface area contributed by atoms with Crippen molar-refractivity contribution in [3.8, 4) is 0 Å². The Kier molecular flexibility index (Phi) is 25.8. The van der Waals surface area contributed by atoms with Crippen molar-refractivity contribution in [3.63, 3.8) is 0 Å². The van der Waals surface area contributed by atoms with Crippen LogP contribution in [0.4, 0.5) is 0 Å². The second-order valence-electron chi connectivity index (χ2n) is 11.9. The number of rotatable bonds is 29. The Bertz CT molecular complexity index is 879. The van der Waals surface area contributed by atoms with Crippen molar-refractivity contribution in [3.05, 3.63) is 0 Å². The standard InChI is InChI=1S/C31H64N10O5/c1-22(42)25(39-31(46)27(16-5-10-20-35)41-29(44)24(37)13-3-8-18-33)14-6-11-21-38-30(45)26(15-4-9-19-34)40-28(43)23(36)12-2-7-17-32/h23-27H,2-21,32-37H2,1H3,(H,38,45)(H,39,46)(H,40,43)(H,41,44). The van der Waals surface area contributed by atoms with Gasteiger partial charge in [-0.1, -0.05) is 12.8 Å². The zero-order valence-electron chi connectivity index (χ0n) is 28.0. The second kappa shape index (κ2) is 27.4. The van der Waals surface area contributed by atoms with E-state index in [2.05, 4.69) is 21.3 Å². The van der Waals surface area contributed by atoms with Crippen molar-refractivity contribution in [1.29, 1.82) is 0 Å². The zero-order valence-corrected chi connectivity index (χ0v) is 28.0. The summed E-state index contributed by atoms with van der Waals surface area (Å²) < 4.78 is 0. The van der Waals surface area contributed by atoms with Crippen LogP contribution in [-0.2, 0) is 24.0 Å². The number of hydrogen-bond acceptors (Lipinski definition) is 11. The van der Waals surface area contributed by atoms with E-state index in [-0.39, 0.29) is 17.6 Å². The molecular formula is C31H64N10O5. The number of ketones is 1. The van der Waals surface area contributed by atoms with E-state index in [0.717, 1.165) is 25.7 Å². The molecule has 268 valence electrons. The highest BCUT2D eigenvalue weighted by Crippen LogP contribution is 2.08. The van der Waals surface area contributed by atoms with E-state index in [9.17, 15) is 24.0 Å². The van der Waals surface area contributed by atoms with Crippen LogP contribution < -0.4 is 55.7 Å². The molecule has 4 amide bonds. The van der Waals surface area contributed by atoms with Gasteiger partial charge in [-0.15, -0.1) is 0 Å². The minimum absolute atomic E-state index is 0.214. The highest BCUT2D eigenvalue weighted by atomic mass is 16.2. The van der Waals surface area contributed by atoms with E-state index in [1.54, 1.807) is 0 Å². The van der Waals surface area contributed by atoms with Crippen LogP contribution >= 0.6 is 0 Å². The molecule has 15 heteroatoms. The molecule has 0 aliphatic rings. The molecule has 5 atom stereocenters. The lowest BCUT2D eigenvalue weighted by molar-refractivity contribution is -0.131. The van der Waals surface area contributed by atoms with Gasteiger partial charge in [-0.25, -0.2) is 0 Å². The first-order valence-corrected chi connectivity index (χ1v) is 17.0. The molecule has 0 bridgehead atoms. The van der Waals surface area contributed by atoms with Gasteiger partial charge in [-0.2, -0.15) is 0 Å². The highest BCUT2D eigenvalue weighted by Gasteiger charge is 2.27. The Balaban J connectivity index is 5.01. The SMILES string of the molecule is CC(=O)C(CCCCNC(=O)C(CCCCN)NC(=O)C(N)CCCCN)NC(=O)C(CCCCN)NC(=O)C(N)CCCCN. The predicted molar refractivity (Wildman–Crippen MR) is 181 cm³/mol. The number of amides is 4. The minimum Gasteiger partial charge on any atom is -0.354 e. The highest BCUT2D eigenvalue weighted by molar-refractivity contribution is 5.93. The normalized spacial score (nSPS) is 14.4. The van der Waals surface area contributed by atoms with Crippen LogP contribution in [0.1, 0.15) is 103 Å². The molecule has 0 heterocycles. The van der Waals surface area contributed by atoms with Crippen LogP contribution in [0, 0.1) is 0 Å². The van der Waals surface area contributed by atoms with E-state index >= 15 is 0 Å². The molecule has 0 saturated heterocycles. The summed E-state index contributed by atoms with van der Waals surface area (Å²) in [5.74, 6) is -1.78. The van der Waals surface area contributed by atoms with E-state index in [1.807, 2.05) is 0 Å². The molecule has 0 rings (SSSR count). The van der Waals surface area contributed by atoms with Crippen LogP contribution in [0.15, 0.2) is 0 Å². The molecule has 15 nitrogen and oxygen atoms in total. The van der Waals surface area contributed by atoms with Crippen LogP contribution in [0.3, 0.4) is 0 Å². The maximum absolute atomic E-state index is 13.2. The number of carbonyl (C=O) groups is 5.